The molecule has 0 unspecified atom stereocenters. The molecule has 3 rings (SSSR count). The summed E-state index contributed by atoms with van der Waals surface area (Å²) in [5, 5.41) is 8.84. The van der Waals surface area contributed by atoms with Crippen LogP contribution >= 0.6 is 11.3 Å². The first-order chi connectivity index (χ1) is 8.83. The highest BCUT2D eigenvalue weighted by atomic mass is 32.1. The van der Waals surface area contributed by atoms with Crippen molar-refractivity contribution in [2.24, 2.45) is 0 Å². The van der Waals surface area contributed by atoms with Gasteiger partial charge in [0.2, 0.25) is 0 Å². The molecule has 0 radical (unpaired) electrons. The number of nitrogens with one attached hydrogen (secondary N) is 1. The third-order valence-electron chi connectivity index (χ3n) is 2.95. The van der Waals surface area contributed by atoms with Gasteiger partial charge in [-0.2, -0.15) is 11.3 Å². The van der Waals surface area contributed by atoms with Gasteiger partial charge in [-0.15, -0.1) is 0 Å². The summed E-state index contributed by atoms with van der Waals surface area (Å²) in [6, 6.07) is 12.5. The van der Waals surface area contributed by atoms with Crippen molar-refractivity contribution in [1.82, 2.24) is 4.98 Å². The molecule has 3 heteroatoms. The molecule has 2 aromatic heterocycles. The fraction of sp³-hybridized carbons (Fsp3) is 0.133. The third-order valence-corrected chi connectivity index (χ3v) is 3.69. The Labute approximate surface area is 110 Å². The predicted molar refractivity (Wildman–Crippen MR) is 78.1 cm³/mol. The molecule has 0 saturated heterocycles. The molecule has 0 saturated carbocycles. The second-order valence-electron chi connectivity index (χ2n) is 4.33. The molecule has 2 heterocycles. The second-order valence-corrected chi connectivity index (χ2v) is 5.11. The molecule has 0 aliphatic rings. The molecule has 0 bridgehead atoms. The number of rotatable bonds is 3. The van der Waals surface area contributed by atoms with Crippen molar-refractivity contribution in [3.63, 3.8) is 0 Å². The largest absolute Gasteiger partial charge is 0.366 e. The lowest BCUT2D eigenvalue weighted by Crippen LogP contribution is -2.02. The molecule has 0 fully saturated rings. The summed E-state index contributed by atoms with van der Waals surface area (Å²) < 4.78 is 0. The topological polar surface area (TPSA) is 24.9 Å². The van der Waals surface area contributed by atoms with Crippen LogP contribution in [0.2, 0.25) is 0 Å². The van der Waals surface area contributed by atoms with E-state index in [4.69, 9.17) is 0 Å². The highest BCUT2D eigenvalue weighted by Gasteiger charge is 2.03. The van der Waals surface area contributed by atoms with Crippen LogP contribution < -0.4 is 5.32 Å². The lowest BCUT2D eigenvalue weighted by molar-refractivity contribution is 1.12. The summed E-state index contributed by atoms with van der Waals surface area (Å²) in [5.41, 5.74) is 3.52. The summed E-state index contributed by atoms with van der Waals surface area (Å²) in [6.45, 7) is 2.92. The van der Waals surface area contributed by atoms with Crippen LogP contribution in [0.15, 0.2) is 47.2 Å². The van der Waals surface area contributed by atoms with Gasteiger partial charge >= 0.3 is 0 Å². The van der Waals surface area contributed by atoms with E-state index in [0.29, 0.717) is 0 Å². The average Bonchev–Trinajstić information content (AvgIpc) is 2.89. The molecule has 0 aliphatic carbocycles. The average molecular weight is 254 g/mol. The molecule has 2 nitrogen and oxygen atoms in total. The van der Waals surface area contributed by atoms with Crippen molar-refractivity contribution in [2.45, 2.75) is 13.5 Å². The van der Waals surface area contributed by atoms with Crippen molar-refractivity contribution in [2.75, 3.05) is 5.32 Å². The SMILES string of the molecule is Cc1cc2ccccc2nc1NCc1ccsc1. The fourth-order valence-electron chi connectivity index (χ4n) is 1.98. The van der Waals surface area contributed by atoms with Gasteiger partial charge in [0.1, 0.15) is 5.82 Å². The lowest BCUT2D eigenvalue weighted by atomic mass is 10.1. The second kappa shape index (κ2) is 4.78. The van der Waals surface area contributed by atoms with E-state index >= 15 is 0 Å². The highest BCUT2D eigenvalue weighted by Crippen LogP contribution is 2.20. The number of aryl methyl sites for hydroxylation is 1. The zero-order valence-corrected chi connectivity index (χ0v) is 11.0. The first-order valence-corrected chi connectivity index (χ1v) is 6.88. The number of thiophene rings is 1. The van der Waals surface area contributed by atoms with E-state index in [1.165, 1.54) is 16.5 Å². The number of pyridine rings is 1. The minimum absolute atomic E-state index is 0.829. The van der Waals surface area contributed by atoms with E-state index in [0.717, 1.165) is 17.9 Å². The van der Waals surface area contributed by atoms with Gasteiger partial charge in [0, 0.05) is 11.9 Å². The standard InChI is InChI=1S/C15H14N2S/c1-11-8-13-4-2-3-5-14(13)17-15(11)16-9-12-6-7-18-10-12/h2-8,10H,9H2,1H3,(H,16,17). The van der Waals surface area contributed by atoms with Gasteiger partial charge in [-0.25, -0.2) is 4.98 Å². The summed E-state index contributed by atoms with van der Waals surface area (Å²) >= 11 is 1.72. The zero-order chi connectivity index (χ0) is 12.4. The van der Waals surface area contributed by atoms with Gasteiger partial charge in [-0.1, -0.05) is 18.2 Å². The van der Waals surface area contributed by atoms with E-state index in [2.05, 4.69) is 46.2 Å². The molecule has 0 amide bonds. The van der Waals surface area contributed by atoms with Crippen molar-refractivity contribution < 1.29 is 0 Å². The first kappa shape index (κ1) is 11.2. The van der Waals surface area contributed by atoms with Crippen LogP contribution in [0.3, 0.4) is 0 Å². The molecule has 1 aromatic carbocycles. The lowest BCUT2D eigenvalue weighted by Gasteiger charge is -2.09. The number of fused-ring (bicyclic) bond motifs is 1. The maximum Gasteiger partial charge on any atom is 0.129 e. The Morgan fingerprint density at radius 2 is 2.11 bits per heavy atom. The Morgan fingerprint density at radius 3 is 2.94 bits per heavy atom. The van der Waals surface area contributed by atoms with Gasteiger partial charge in [0.05, 0.1) is 5.52 Å². The maximum absolute atomic E-state index is 4.67. The number of benzene rings is 1. The van der Waals surface area contributed by atoms with Crippen molar-refractivity contribution in [3.8, 4) is 0 Å². The molecule has 90 valence electrons. The molecule has 0 atom stereocenters. The van der Waals surface area contributed by atoms with Crippen LogP contribution in [-0.2, 0) is 6.54 Å². The molecular weight excluding hydrogens is 240 g/mol. The van der Waals surface area contributed by atoms with E-state index in [9.17, 15) is 0 Å². The fourth-order valence-corrected chi connectivity index (χ4v) is 2.65. The van der Waals surface area contributed by atoms with Crippen molar-refractivity contribution >= 4 is 28.1 Å². The Hall–Kier alpha value is -1.87. The quantitative estimate of drug-likeness (QED) is 0.757. The minimum atomic E-state index is 0.829. The van der Waals surface area contributed by atoms with Crippen LogP contribution in [0.5, 0.6) is 0 Å². The number of hydrogen-bond donors (Lipinski definition) is 1. The van der Waals surface area contributed by atoms with E-state index in [-0.39, 0.29) is 0 Å². The van der Waals surface area contributed by atoms with Gasteiger partial charge in [0.25, 0.3) is 0 Å². The number of hydrogen-bond acceptors (Lipinski definition) is 3. The van der Waals surface area contributed by atoms with Crippen molar-refractivity contribution in [3.05, 3.63) is 58.3 Å². The number of nitrogens with zero attached hydrogens (tertiary/aromatic N) is 1. The molecule has 0 aliphatic heterocycles. The molecule has 0 spiro atoms. The molecular formula is C15H14N2S. The summed E-state index contributed by atoms with van der Waals surface area (Å²) in [5.74, 6) is 0.972. The summed E-state index contributed by atoms with van der Waals surface area (Å²) in [7, 11) is 0. The summed E-state index contributed by atoms with van der Waals surface area (Å²) in [4.78, 5) is 4.67. The van der Waals surface area contributed by atoms with E-state index in [1.54, 1.807) is 11.3 Å². The van der Waals surface area contributed by atoms with Crippen LogP contribution in [0.25, 0.3) is 10.9 Å². The van der Waals surface area contributed by atoms with Gasteiger partial charge < -0.3 is 5.32 Å². The molecule has 18 heavy (non-hydrogen) atoms. The van der Waals surface area contributed by atoms with Gasteiger partial charge in [-0.3, -0.25) is 0 Å². The number of anilines is 1. The number of aromatic nitrogens is 1. The van der Waals surface area contributed by atoms with Gasteiger partial charge in [-0.05, 0) is 47.0 Å². The molecule has 1 N–H and O–H groups in total. The Bertz CT molecular complexity index is 659. The third kappa shape index (κ3) is 2.22. The van der Waals surface area contributed by atoms with Crippen LogP contribution in [0, 0.1) is 6.92 Å². The molecule has 3 aromatic rings. The van der Waals surface area contributed by atoms with Gasteiger partial charge in [0.15, 0.2) is 0 Å². The Balaban J connectivity index is 1.89. The number of para-hydroxylation sites is 1. The highest BCUT2D eigenvalue weighted by molar-refractivity contribution is 7.07. The smallest absolute Gasteiger partial charge is 0.129 e. The Morgan fingerprint density at radius 1 is 1.22 bits per heavy atom. The van der Waals surface area contributed by atoms with Crippen LogP contribution in [-0.4, -0.2) is 4.98 Å². The van der Waals surface area contributed by atoms with Crippen molar-refractivity contribution in [1.29, 1.82) is 0 Å². The normalized spacial score (nSPS) is 10.7. The van der Waals surface area contributed by atoms with Crippen LogP contribution in [0.4, 0.5) is 5.82 Å². The zero-order valence-electron chi connectivity index (χ0n) is 10.2. The summed E-state index contributed by atoms with van der Waals surface area (Å²) in [6.07, 6.45) is 0. The predicted octanol–water partition coefficient (Wildman–Crippen LogP) is 4.22. The monoisotopic (exact) mass is 254 g/mol. The first-order valence-electron chi connectivity index (χ1n) is 5.94. The minimum Gasteiger partial charge on any atom is -0.366 e. The maximum atomic E-state index is 4.67. The van der Waals surface area contributed by atoms with Crippen LogP contribution in [0.1, 0.15) is 11.1 Å². The van der Waals surface area contributed by atoms with E-state index in [1.807, 2.05) is 18.2 Å². The van der Waals surface area contributed by atoms with E-state index < -0.39 is 0 Å². The Kier molecular flexibility index (Phi) is 2.99.